The van der Waals surface area contributed by atoms with Gasteiger partial charge >= 0.3 is 0 Å². The Labute approximate surface area is 67.3 Å². The number of carbonyl (C=O) groups excluding carboxylic acids is 1. The van der Waals surface area contributed by atoms with Crippen LogP contribution in [-0.4, -0.2) is 31.2 Å². The van der Waals surface area contributed by atoms with Gasteiger partial charge in [-0.05, 0) is 6.42 Å². The SMILES string of the molecule is CCCC(N)C(=O)N(C)OC. The Balaban J connectivity index is 3.81. The molecule has 0 aliphatic rings. The zero-order valence-corrected chi connectivity index (χ0v) is 7.33. The molecule has 0 aromatic heterocycles. The number of hydroxylamine groups is 2. The van der Waals surface area contributed by atoms with Gasteiger partial charge in [-0.3, -0.25) is 9.63 Å². The minimum Gasteiger partial charge on any atom is -0.320 e. The number of amides is 1. The summed E-state index contributed by atoms with van der Waals surface area (Å²) in [5.41, 5.74) is 5.53. The zero-order chi connectivity index (χ0) is 8.85. The van der Waals surface area contributed by atoms with E-state index in [1.165, 1.54) is 7.11 Å². The van der Waals surface area contributed by atoms with Crippen LogP contribution in [0.15, 0.2) is 0 Å². The number of nitrogens with two attached hydrogens (primary N) is 1. The number of likely N-dealkylation sites (N-methyl/N-ethyl adjacent to an activating group) is 1. The fourth-order valence-corrected chi connectivity index (χ4v) is 0.758. The largest absolute Gasteiger partial charge is 0.320 e. The molecular formula is C7H16N2O2. The Hall–Kier alpha value is -0.610. The Morgan fingerprint density at radius 3 is 2.64 bits per heavy atom. The highest BCUT2D eigenvalue weighted by molar-refractivity contribution is 5.80. The Kier molecular flexibility index (Phi) is 4.81. The van der Waals surface area contributed by atoms with Crippen molar-refractivity contribution in [1.29, 1.82) is 0 Å². The molecule has 0 aromatic rings. The highest BCUT2D eigenvalue weighted by Crippen LogP contribution is 1.97. The predicted molar refractivity (Wildman–Crippen MR) is 42.7 cm³/mol. The van der Waals surface area contributed by atoms with Crippen molar-refractivity contribution in [1.82, 2.24) is 5.06 Å². The lowest BCUT2D eigenvalue weighted by molar-refractivity contribution is -0.170. The molecular weight excluding hydrogens is 144 g/mol. The monoisotopic (exact) mass is 160 g/mol. The Morgan fingerprint density at radius 1 is 1.73 bits per heavy atom. The van der Waals surface area contributed by atoms with Gasteiger partial charge in [-0.1, -0.05) is 13.3 Å². The predicted octanol–water partition coefficient (Wildman–Crippen LogP) is 0.134. The van der Waals surface area contributed by atoms with Crippen LogP contribution < -0.4 is 5.73 Å². The quantitative estimate of drug-likeness (QED) is 0.595. The molecule has 0 bridgehead atoms. The van der Waals surface area contributed by atoms with E-state index in [9.17, 15) is 4.79 Å². The van der Waals surface area contributed by atoms with E-state index in [0.29, 0.717) is 6.42 Å². The summed E-state index contributed by atoms with van der Waals surface area (Å²) in [6.45, 7) is 1.99. The summed E-state index contributed by atoms with van der Waals surface area (Å²) in [6.07, 6.45) is 1.61. The lowest BCUT2D eigenvalue weighted by atomic mass is 10.2. The molecule has 0 aliphatic carbocycles. The van der Waals surface area contributed by atoms with Crippen LogP contribution in [0.25, 0.3) is 0 Å². The average Bonchev–Trinajstić information content (AvgIpc) is 2.02. The first kappa shape index (κ1) is 10.4. The van der Waals surface area contributed by atoms with Crippen LogP contribution in [0.5, 0.6) is 0 Å². The first-order valence-electron chi connectivity index (χ1n) is 3.70. The number of hydrogen-bond acceptors (Lipinski definition) is 3. The molecule has 4 nitrogen and oxygen atoms in total. The molecule has 0 saturated heterocycles. The normalized spacial score (nSPS) is 12.7. The van der Waals surface area contributed by atoms with E-state index in [1.54, 1.807) is 7.05 Å². The zero-order valence-electron chi connectivity index (χ0n) is 7.33. The highest BCUT2D eigenvalue weighted by Gasteiger charge is 2.16. The van der Waals surface area contributed by atoms with Crippen LogP contribution >= 0.6 is 0 Å². The summed E-state index contributed by atoms with van der Waals surface area (Å²) in [5, 5.41) is 1.15. The number of carbonyl (C=O) groups is 1. The number of rotatable bonds is 4. The molecule has 2 N–H and O–H groups in total. The summed E-state index contributed by atoms with van der Waals surface area (Å²) in [4.78, 5) is 15.8. The Morgan fingerprint density at radius 2 is 2.27 bits per heavy atom. The van der Waals surface area contributed by atoms with Crippen molar-refractivity contribution in [3.8, 4) is 0 Å². The summed E-state index contributed by atoms with van der Waals surface area (Å²) in [5.74, 6) is -0.172. The molecule has 0 fully saturated rings. The molecule has 0 spiro atoms. The second-order valence-electron chi connectivity index (χ2n) is 2.41. The summed E-state index contributed by atoms with van der Waals surface area (Å²) in [6, 6.07) is -0.426. The van der Waals surface area contributed by atoms with E-state index >= 15 is 0 Å². The average molecular weight is 160 g/mol. The van der Waals surface area contributed by atoms with E-state index in [4.69, 9.17) is 5.73 Å². The van der Waals surface area contributed by atoms with Gasteiger partial charge in [0.15, 0.2) is 0 Å². The lowest BCUT2D eigenvalue weighted by Gasteiger charge is -2.17. The van der Waals surface area contributed by atoms with Crippen molar-refractivity contribution in [3.05, 3.63) is 0 Å². The summed E-state index contributed by atoms with van der Waals surface area (Å²) in [7, 11) is 2.99. The maximum Gasteiger partial charge on any atom is 0.262 e. The van der Waals surface area contributed by atoms with E-state index in [2.05, 4.69) is 4.84 Å². The van der Waals surface area contributed by atoms with E-state index in [-0.39, 0.29) is 5.91 Å². The van der Waals surface area contributed by atoms with Crippen molar-refractivity contribution in [2.75, 3.05) is 14.2 Å². The Bertz CT molecular complexity index is 128. The topological polar surface area (TPSA) is 55.6 Å². The van der Waals surface area contributed by atoms with E-state index < -0.39 is 6.04 Å². The molecule has 0 rings (SSSR count). The van der Waals surface area contributed by atoms with Gasteiger partial charge in [0.05, 0.1) is 13.2 Å². The molecule has 0 heterocycles. The second kappa shape index (κ2) is 5.09. The van der Waals surface area contributed by atoms with E-state index in [1.807, 2.05) is 6.92 Å². The van der Waals surface area contributed by atoms with Crippen molar-refractivity contribution >= 4 is 5.91 Å². The van der Waals surface area contributed by atoms with Crippen LogP contribution in [0, 0.1) is 0 Å². The molecule has 0 aromatic carbocycles. The smallest absolute Gasteiger partial charge is 0.262 e. The van der Waals surface area contributed by atoms with Crippen molar-refractivity contribution in [3.63, 3.8) is 0 Å². The molecule has 1 atom stereocenters. The minimum atomic E-state index is -0.426. The van der Waals surface area contributed by atoms with Crippen molar-refractivity contribution in [2.45, 2.75) is 25.8 Å². The third kappa shape index (κ3) is 3.34. The van der Waals surface area contributed by atoms with Gasteiger partial charge in [0.2, 0.25) is 0 Å². The van der Waals surface area contributed by atoms with Gasteiger partial charge in [0.25, 0.3) is 5.91 Å². The van der Waals surface area contributed by atoms with Crippen LogP contribution in [0.3, 0.4) is 0 Å². The van der Waals surface area contributed by atoms with Crippen molar-refractivity contribution < 1.29 is 9.63 Å². The van der Waals surface area contributed by atoms with Gasteiger partial charge in [-0.15, -0.1) is 0 Å². The molecule has 0 aliphatic heterocycles. The maximum atomic E-state index is 11.1. The number of hydrogen-bond donors (Lipinski definition) is 1. The molecule has 11 heavy (non-hydrogen) atoms. The molecule has 1 unspecified atom stereocenters. The number of nitrogens with zero attached hydrogens (tertiary/aromatic N) is 1. The van der Waals surface area contributed by atoms with Gasteiger partial charge in [-0.2, -0.15) is 0 Å². The van der Waals surface area contributed by atoms with Gasteiger partial charge in [0.1, 0.15) is 0 Å². The van der Waals surface area contributed by atoms with Gasteiger partial charge in [-0.25, -0.2) is 5.06 Å². The standard InChI is InChI=1S/C7H16N2O2/c1-4-5-6(8)7(10)9(2)11-3/h6H,4-5,8H2,1-3H3. The minimum absolute atomic E-state index is 0.172. The molecule has 0 radical (unpaired) electrons. The van der Waals surface area contributed by atoms with Crippen molar-refractivity contribution in [2.24, 2.45) is 5.73 Å². The van der Waals surface area contributed by atoms with Gasteiger partial charge < -0.3 is 5.73 Å². The fourth-order valence-electron chi connectivity index (χ4n) is 0.758. The molecule has 0 saturated carbocycles. The van der Waals surface area contributed by atoms with Crippen LogP contribution in [0.4, 0.5) is 0 Å². The van der Waals surface area contributed by atoms with Crippen LogP contribution in [-0.2, 0) is 9.63 Å². The van der Waals surface area contributed by atoms with Gasteiger partial charge in [0, 0.05) is 7.05 Å². The first-order chi connectivity index (χ1) is 5.13. The third-order valence-electron chi connectivity index (χ3n) is 1.50. The molecule has 66 valence electrons. The summed E-state index contributed by atoms with van der Waals surface area (Å²) < 4.78 is 0. The highest BCUT2D eigenvalue weighted by atomic mass is 16.7. The maximum absolute atomic E-state index is 11.1. The molecule has 4 heteroatoms. The third-order valence-corrected chi connectivity index (χ3v) is 1.50. The molecule has 1 amide bonds. The first-order valence-corrected chi connectivity index (χ1v) is 3.70. The van der Waals surface area contributed by atoms with Crippen LogP contribution in [0.1, 0.15) is 19.8 Å². The van der Waals surface area contributed by atoms with Crippen LogP contribution in [0.2, 0.25) is 0 Å². The lowest BCUT2D eigenvalue weighted by Crippen LogP contribution is -2.40. The fraction of sp³-hybridized carbons (Fsp3) is 0.857. The second-order valence-corrected chi connectivity index (χ2v) is 2.41. The summed E-state index contributed by atoms with van der Waals surface area (Å²) >= 11 is 0. The van der Waals surface area contributed by atoms with E-state index in [0.717, 1.165) is 11.5 Å².